The summed E-state index contributed by atoms with van der Waals surface area (Å²) >= 11 is 0. The summed E-state index contributed by atoms with van der Waals surface area (Å²) in [7, 11) is 0. The van der Waals surface area contributed by atoms with Gasteiger partial charge in [0.25, 0.3) is 0 Å². The van der Waals surface area contributed by atoms with E-state index in [0.717, 1.165) is 38.0 Å². The third-order valence-corrected chi connectivity index (χ3v) is 4.91. The lowest BCUT2D eigenvalue weighted by molar-refractivity contribution is 0.136. The Morgan fingerprint density at radius 1 is 1.25 bits per heavy atom. The van der Waals surface area contributed by atoms with Crippen molar-refractivity contribution in [2.45, 2.75) is 19.4 Å². The first kappa shape index (κ1) is 18.4. The minimum atomic E-state index is -0.610. The summed E-state index contributed by atoms with van der Waals surface area (Å²) < 4.78 is 23.6. The molecule has 0 spiro atoms. The average molecular weight is 384 g/mol. The lowest BCUT2D eigenvalue weighted by atomic mass is 9.97. The van der Waals surface area contributed by atoms with Crippen LogP contribution in [0.5, 0.6) is 5.75 Å². The molecule has 0 aliphatic carbocycles. The van der Waals surface area contributed by atoms with Gasteiger partial charge in [-0.15, -0.1) is 0 Å². The van der Waals surface area contributed by atoms with Crippen molar-refractivity contribution in [2.24, 2.45) is 5.92 Å². The van der Waals surface area contributed by atoms with E-state index in [2.05, 4.69) is 24.5 Å². The van der Waals surface area contributed by atoms with Crippen LogP contribution in [0.1, 0.15) is 18.4 Å². The fraction of sp³-hybridized carbons (Fsp3) is 0.350. The molecule has 146 valence electrons. The number of hydrogen-bond acceptors (Lipinski definition) is 6. The molecule has 0 bridgehead atoms. The lowest BCUT2D eigenvalue weighted by Crippen LogP contribution is -2.35. The van der Waals surface area contributed by atoms with E-state index >= 15 is 0 Å². The lowest BCUT2D eigenvalue weighted by Gasteiger charge is -2.31. The van der Waals surface area contributed by atoms with Crippen molar-refractivity contribution in [1.29, 1.82) is 0 Å². The van der Waals surface area contributed by atoms with Gasteiger partial charge >= 0.3 is 5.76 Å². The molecule has 3 heterocycles. The molecular formula is C20H21FN4O3. The maximum absolute atomic E-state index is 13.3. The first-order chi connectivity index (χ1) is 13.7. The zero-order valence-corrected chi connectivity index (χ0v) is 15.3. The number of aromatic nitrogens is 3. The summed E-state index contributed by atoms with van der Waals surface area (Å²) in [5, 5.41) is 3.61. The Labute approximate surface area is 161 Å². The number of benzene rings is 1. The highest BCUT2D eigenvalue weighted by Gasteiger charge is 2.20. The van der Waals surface area contributed by atoms with Crippen molar-refractivity contribution >= 4 is 0 Å². The first-order valence-corrected chi connectivity index (χ1v) is 9.28. The molecule has 0 unspecified atom stereocenters. The monoisotopic (exact) mass is 384 g/mol. The van der Waals surface area contributed by atoms with E-state index in [9.17, 15) is 9.18 Å². The smallest absolute Gasteiger partial charge is 0.439 e. The normalized spacial score (nSPS) is 15.6. The second kappa shape index (κ2) is 8.35. The van der Waals surface area contributed by atoms with E-state index in [4.69, 9.17) is 4.74 Å². The number of pyridine rings is 1. The standard InChI is InChI=1S/C20H21FN4O3/c21-16-3-1-2-15(10-16)12-25-8-6-14(7-9-25)13-27-17-4-5-18(22-11-17)19-23-20(26)28-24-19/h1-5,10-11,14H,6-9,12-13H2,(H,23,24,26). The second-order valence-corrected chi connectivity index (χ2v) is 6.98. The zero-order chi connectivity index (χ0) is 19.3. The van der Waals surface area contributed by atoms with Gasteiger partial charge in [0.2, 0.25) is 5.82 Å². The van der Waals surface area contributed by atoms with E-state index < -0.39 is 5.76 Å². The van der Waals surface area contributed by atoms with Crippen molar-refractivity contribution in [2.75, 3.05) is 19.7 Å². The molecule has 0 atom stereocenters. The predicted molar refractivity (Wildman–Crippen MR) is 100 cm³/mol. The molecule has 2 aromatic heterocycles. The van der Waals surface area contributed by atoms with Gasteiger partial charge in [-0.25, -0.2) is 14.2 Å². The molecule has 28 heavy (non-hydrogen) atoms. The Balaban J connectivity index is 1.23. The van der Waals surface area contributed by atoms with Crippen molar-refractivity contribution in [1.82, 2.24) is 20.0 Å². The Bertz CT molecular complexity index is 962. The summed E-state index contributed by atoms with van der Waals surface area (Å²) in [6.07, 6.45) is 3.70. The largest absolute Gasteiger partial charge is 0.492 e. The summed E-state index contributed by atoms with van der Waals surface area (Å²) in [4.78, 5) is 20.0. The number of nitrogens with one attached hydrogen (secondary N) is 1. The van der Waals surface area contributed by atoms with Gasteiger partial charge in [0.05, 0.1) is 12.8 Å². The van der Waals surface area contributed by atoms with E-state index in [0.29, 0.717) is 29.8 Å². The van der Waals surface area contributed by atoms with Gasteiger partial charge in [-0.05, 0) is 61.7 Å². The Morgan fingerprint density at radius 2 is 2.11 bits per heavy atom. The van der Waals surface area contributed by atoms with E-state index in [1.807, 2.05) is 6.07 Å². The van der Waals surface area contributed by atoms with Crippen LogP contribution in [-0.2, 0) is 6.54 Å². The molecule has 1 aliphatic rings. The van der Waals surface area contributed by atoms with Gasteiger partial charge in [0, 0.05) is 6.54 Å². The molecule has 1 fully saturated rings. The number of nitrogens with zero attached hydrogens (tertiary/aromatic N) is 3. The minimum Gasteiger partial charge on any atom is -0.492 e. The van der Waals surface area contributed by atoms with Gasteiger partial charge in [-0.3, -0.25) is 14.4 Å². The molecular weight excluding hydrogens is 363 g/mol. The molecule has 0 radical (unpaired) electrons. The molecule has 8 heteroatoms. The predicted octanol–water partition coefficient (Wildman–Crippen LogP) is 2.86. The average Bonchev–Trinajstić information content (AvgIpc) is 3.14. The summed E-state index contributed by atoms with van der Waals surface area (Å²) in [6, 6.07) is 10.3. The van der Waals surface area contributed by atoms with Crippen molar-refractivity contribution < 1.29 is 13.7 Å². The van der Waals surface area contributed by atoms with Crippen LogP contribution >= 0.6 is 0 Å². The third kappa shape index (κ3) is 4.64. The van der Waals surface area contributed by atoms with Gasteiger partial charge in [0.1, 0.15) is 17.3 Å². The molecule has 1 aromatic carbocycles. The molecule has 1 N–H and O–H groups in total. The van der Waals surface area contributed by atoms with Crippen molar-refractivity contribution in [3.05, 3.63) is 64.5 Å². The highest BCUT2D eigenvalue weighted by Crippen LogP contribution is 2.21. The molecule has 0 amide bonds. The third-order valence-electron chi connectivity index (χ3n) is 4.91. The minimum absolute atomic E-state index is 0.185. The Kier molecular flexibility index (Phi) is 5.48. The van der Waals surface area contributed by atoms with Crippen LogP contribution in [0.3, 0.4) is 0 Å². The molecule has 0 saturated carbocycles. The van der Waals surface area contributed by atoms with Crippen molar-refractivity contribution in [3.8, 4) is 17.3 Å². The number of rotatable bonds is 6. The summed E-state index contributed by atoms with van der Waals surface area (Å²) in [5.74, 6) is 0.658. The topological polar surface area (TPSA) is 84.3 Å². The van der Waals surface area contributed by atoms with Gasteiger partial charge in [-0.2, -0.15) is 0 Å². The van der Waals surface area contributed by atoms with Crippen LogP contribution in [-0.4, -0.2) is 39.7 Å². The number of H-pyrrole nitrogens is 1. The Morgan fingerprint density at radius 3 is 2.79 bits per heavy atom. The molecule has 7 nitrogen and oxygen atoms in total. The van der Waals surface area contributed by atoms with Crippen molar-refractivity contribution in [3.63, 3.8) is 0 Å². The van der Waals surface area contributed by atoms with E-state index in [1.165, 1.54) is 6.07 Å². The highest BCUT2D eigenvalue weighted by molar-refractivity contribution is 5.48. The second-order valence-electron chi connectivity index (χ2n) is 6.98. The van der Waals surface area contributed by atoms with Crippen LogP contribution < -0.4 is 10.5 Å². The van der Waals surface area contributed by atoms with Crippen LogP contribution in [0.25, 0.3) is 11.5 Å². The van der Waals surface area contributed by atoms with Crippen LogP contribution in [0.4, 0.5) is 4.39 Å². The molecule has 4 rings (SSSR count). The number of hydrogen-bond donors (Lipinski definition) is 1. The van der Waals surface area contributed by atoms with Crippen LogP contribution in [0.15, 0.2) is 51.9 Å². The fourth-order valence-corrected chi connectivity index (χ4v) is 3.36. The number of likely N-dealkylation sites (tertiary alicyclic amines) is 1. The maximum Gasteiger partial charge on any atom is 0.439 e. The zero-order valence-electron chi connectivity index (χ0n) is 15.3. The summed E-state index contributed by atoms with van der Waals surface area (Å²) in [5.41, 5.74) is 1.53. The highest BCUT2D eigenvalue weighted by atomic mass is 19.1. The number of ether oxygens (including phenoxy) is 1. The van der Waals surface area contributed by atoms with E-state index in [-0.39, 0.29) is 5.82 Å². The quantitative estimate of drug-likeness (QED) is 0.704. The molecule has 3 aromatic rings. The number of halogens is 1. The van der Waals surface area contributed by atoms with Gasteiger partial charge in [-0.1, -0.05) is 17.3 Å². The van der Waals surface area contributed by atoms with E-state index in [1.54, 1.807) is 30.5 Å². The first-order valence-electron chi connectivity index (χ1n) is 9.28. The SMILES string of the molecule is O=c1[nH]c(-c2ccc(OCC3CCN(Cc4cccc(F)c4)CC3)cn2)no1. The molecule has 1 saturated heterocycles. The van der Waals surface area contributed by atoms with Crippen LogP contribution in [0.2, 0.25) is 0 Å². The maximum atomic E-state index is 13.3. The van der Waals surface area contributed by atoms with Crippen LogP contribution in [0, 0.1) is 11.7 Å². The number of piperidine rings is 1. The Hall–Kier alpha value is -3.00. The van der Waals surface area contributed by atoms with Gasteiger partial charge < -0.3 is 4.74 Å². The number of aromatic amines is 1. The summed E-state index contributed by atoms with van der Waals surface area (Å²) in [6.45, 7) is 3.36. The fourth-order valence-electron chi connectivity index (χ4n) is 3.36. The van der Waals surface area contributed by atoms with Gasteiger partial charge in [0.15, 0.2) is 0 Å². The molecule has 1 aliphatic heterocycles.